The molecule has 8 heteroatoms. The first kappa shape index (κ1) is 18.2. The summed E-state index contributed by atoms with van der Waals surface area (Å²) in [6.07, 6.45) is 1.83. The minimum Gasteiger partial charge on any atom is -0.345 e. The van der Waals surface area contributed by atoms with Crippen molar-refractivity contribution in [3.8, 4) is 0 Å². The SMILES string of the molecule is CC1(C)CC(NC(=O)C(=O)NC2CCS(=O)(=O)C2)CC(C)(C)N1. The van der Waals surface area contributed by atoms with E-state index in [-0.39, 0.29) is 28.6 Å². The monoisotopic (exact) mass is 345 g/mol. The van der Waals surface area contributed by atoms with E-state index in [1.54, 1.807) is 0 Å². The summed E-state index contributed by atoms with van der Waals surface area (Å²) in [5, 5.41) is 8.82. The van der Waals surface area contributed by atoms with Gasteiger partial charge in [0.2, 0.25) is 0 Å². The summed E-state index contributed by atoms with van der Waals surface area (Å²) >= 11 is 0. The number of piperidine rings is 1. The van der Waals surface area contributed by atoms with Gasteiger partial charge in [-0.05, 0) is 47.0 Å². The van der Waals surface area contributed by atoms with E-state index in [9.17, 15) is 18.0 Å². The first-order valence-electron chi connectivity index (χ1n) is 7.99. The Bertz CT molecular complexity index is 582. The fourth-order valence-electron chi connectivity index (χ4n) is 3.84. The Hall–Kier alpha value is -1.15. The molecule has 1 unspecified atom stereocenters. The average molecular weight is 345 g/mol. The maximum atomic E-state index is 12.1. The zero-order valence-corrected chi connectivity index (χ0v) is 15.0. The summed E-state index contributed by atoms with van der Waals surface area (Å²) in [6.45, 7) is 8.26. The van der Waals surface area contributed by atoms with Crippen LogP contribution in [0.5, 0.6) is 0 Å². The van der Waals surface area contributed by atoms with Gasteiger partial charge < -0.3 is 16.0 Å². The zero-order chi connectivity index (χ0) is 17.5. The highest BCUT2D eigenvalue weighted by Gasteiger charge is 2.39. The molecule has 0 bridgehead atoms. The van der Waals surface area contributed by atoms with Crippen LogP contribution in [0.15, 0.2) is 0 Å². The number of hydrogen-bond donors (Lipinski definition) is 3. The third kappa shape index (κ3) is 5.17. The molecule has 2 rings (SSSR count). The number of carbonyl (C=O) groups is 2. The lowest BCUT2D eigenvalue weighted by Gasteiger charge is -2.46. The molecular weight excluding hydrogens is 318 g/mol. The molecule has 0 aliphatic carbocycles. The van der Waals surface area contributed by atoms with E-state index in [1.165, 1.54) is 0 Å². The molecule has 2 aliphatic heterocycles. The second kappa shape index (κ2) is 6.05. The molecule has 0 aromatic carbocycles. The molecule has 0 aromatic rings. The van der Waals surface area contributed by atoms with E-state index in [4.69, 9.17) is 0 Å². The van der Waals surface area contributed by atoms with Gasteiger partial charge in [-0.25, -0.2) is 8.42 Å². The minimum absolute atomic E-state index is 0.0657. The molecule has 1 atom stereocenters. The Morgan fingerprint density at radius 3 is 1.87 bits per heavy atom. The van der Waals surface area contributed by atoms with Crippen molar-refractivity contribution in [2.75, 3.05) is 11.5 Å². The number of carbonyl (C=O) groups excluding carboxylic acids is 2. The average Bonchev–Trinajstić information content (AvgIpc) is 2.64. The standard InChI is InChI=1S/C15H27N3O4S/c1-14(2)7-11(8-15(3,4)18-14)17-13(20)12(19)16-10-5-6-23(21,22)9-10/h10-11,18H,5-9H2,1-4H3,(H,16,19)(H,17,20). The second-order valence-electron chi connectivity index (χ2n) is 8.04. The van der Waals surface area contributed by atoms with Crippen LogP contribution in [-0.4, -0.2) is 54.9 Å². The molecule has 3 N–H and O–H groups in total. The Balaban J connectivity index is 1.90. The van der Waals surface area contributed by atoms with Crippen LogP contribution in [0, 0.1) is 0 Å². The Morgan fingerprint density at radius 2 is 1.43 bits per heavy atom. The fourth-order valence-corrected chi connectivity index (χ4v) is 5.51. The van der Waals surface area contributed by atoms with Gasteiger partial charge in [-0.1, -0.05) is 0 Å². The number of rotatable bonds is 2. The van der Waals surface area contributed by atoms with E-state index in [0.29, 0.717) is 6.42 Å². The van der Waals surface area contributed by atoms with Crippen molar-refractivity contribution >= 4 is 21.7 Å². The summed E-state index contributed by atoms with van der Waals surface area (Å²) in [4.78, 5) is 24.1. The molecule has 0 spiro atoms. The van der Waals surface area contributed by atoms with Crippen LogP contribution in [0.25, 0.3) is 0 Å². The molecule has 7 nitrogen and oxygen atoms in total. The van der Waals surface area contributed by atoms with Gasteiger partial charge in [0.05, 0.1) is 11.5 Å². The van der Waals surface area contributed by atoms with Gasteiger partial charge in [-0.15, -0.1) is 0 Å². The van der Waals surface area contributed by atoms with Crippen LogP contribution < -0.4 is 16.0 Å². The summed E-state index contributed by atoms with van der Waals surface area (Å²) in [7, 11) is -3.08. The molecule has 2 fully saturated rings. The highest BCUT2D eigenvalue weighted by Crippen LogP contribution is 2.28. The molecule has 2 heterocycles. The van der Waals surface area contributed by atoms with E-state index in [1.807, 2.05) is 0 Å². The molecule has 132 valence electrons. The minimum atomic E-state index is -3.08. The number of sulfone groups is 1. The van der Waals surface area contributed by atoms with Gasteiger partial charge >= 0.3 is 11.8 Å². The lowest BCUT2D eigenvalue weighted by Crippen LogP contribution is -2.63. The van der Waals surface area contributed by atoms with Crippen molar-refractivity contribution in [1.82, 2.24) is 16.0 Å². The lowest BCUT2D eigenvalue weighted by molar-refractivity contribution is -0.140. The van der Waals surface area contributed by atoms with Crippen molar-refractivity contribution in [2.45, 2.75) is 70.1 Å². The molecule has 2 saturated heterocycles. The van der Waals surface area contributed by atoms with Gasteiger partial charge in [0.15, 0.2) is 9.84 Å². The zero-order valence-electron chi connectivity index (χ0n) is 14.2. The van der Waals surface area contributed by atoms with E-state index < -0.39 is 27.7 Å². The van der Waals surface area contributed by atoms with E-state index in [0.717, 1.165) is 12.8 Å². The van der Waals surface area contributed by atoms with Gasteiger partial charge in [0.1, 0.15) is 0 Å². The van der Waals surface area contributed by atoms with Crippen LogP contribution in [0.1, 0.15) is 47.0 Å². The third-order valence-corrected chi connectivity index (χ3v) is 6.07. The molecule has 23 heavy (non-hydrogen) atoms. The van der Waals surface area contributed by atoms with E-state index >= 15 is 0 Å². The maximum Gasteiger partial charge on any atom is 0.309 e. The van der Waals surface area contributed by atoms with Gasteiger partial charge in [-0.3, -0.25) is 9.59 Å². The van der Waals surface area contributed by atoms with Gasteiger partial charge in [0, 0.05) is 23.2 Å². The van der Waals surface area contributed by atoms with Crippen LogP contribution in [0.4, 0.5) is 0 Å². The molecule has 0 radical (unpaired) electrons. The predicted octanol–water partition coefficient (Wildman–Crippen LogP) is -0.285. The first-order valence-corrected chi connectivity index (χ1v) is 9.81. The summed E-state index contributed by atoms with van der Waals surface area (Å²) in [5.41, 5.74) is -0.259. The van der Waals surface area contributed by atoms with Crippen molar-refractivity contribution in [1.29, 1.82) is 0 Å². The topological polar surface area (TPSA) is 104 Å². The maximum absolute atomic E-state index is 12.1. The summed E-state index contributed by atoms with van der Waals surface area (Å²) < 4.78 is 22.8. The van der Waals surface area contributed by atoms with Crippen molar-refractivity contribution in [3.05, 3.63) is 0 Å². The van der Waals surface area contributed by atoms with Crippen LogP contribution in [0.2, 0.25) is 0 Å². The summed E-state index contributed by atoms with van der Waals surface area (Å²) in [5.74, 6) is -1.45. The van der Waals surface area contributed by atoms with Crippen LogP contribution in [0.3, 0.4) is 0 Å². The van der Waals surface area contributed by atoms with Crippen LogP contribution in [-0.2, 0) is 19.4 Å². The molecule has 0 saturated carbocycles. The highest BCUT2D eigenvalue weighted by atomic mass is 32.2. The van der Waals surface area contributed by atoms with Crippen molar-refractivity contribution in [3.63, 3.8) is 0 Å². The van der Waals surface area contributed by atoms with E-state index in [2.05, 4.69) is 43.6 Å². The fraction of sp³-hybridized carbons (Fsp3) is 0.867. The van der Waals surface area contributed by atoms with Gasteiger partial charge in [-0.2, -0.15) is 0 Å². The number of nitrogens with one attached hydrogen (secondary N) is 3. The Kier molecular flexibility index (Phi) is 4.79. The third-order valence-electron chi connectivity index (χ3n) is 4.30. The Morgan fingerprint density at radius 1 is 0.957 bits per heavy atom. The van der Waals surface area contributed by atoms with Gasteiger partial charge in [0.25, 0.3) is 0 Å². The molecule has 2 aliphatic rings. The molecular formula is C15H27N3O4S. The molecule has 0 aromatic heterocycles. The lowest BCUT2D eigenvalue weighted by atomic mass is 9.79. The quantitative estimate of drug-likeness (QED) is 0.597. The second-order valence-corrected chi connectivity index (χ2v) is 10.3. The Labute approximate surface area is 137 Å². The van der Waals surface area contributed by atoms with Crippen molar-refractivity contribution in [2.24, 2.45) is 0 Å². The normalized spacial score (nSPS) is 29.0. The van der Waals surface area contributed by atoms with Crippen LogP contribution >= 0.6 is 0 Å². The first-order chi connectivity index (χ1) is 10.4. The highest BCUT2D eigenvalue weighted by molar-refractivity contribution is 7.91. The van der Waals surface area contributed by atoms with Crippen molar-refractivity contribution < 1.29 is 18.0 Å². The predicted molar refractivity (Wildman–Crippen MR) is 87.7 cm³/mol. The summed E-state index contributed by atoms with van der Waals surface area (Å²) in [6, 6.07) is -0.550. The largest absolute Gasteiger partial charge is 0.345 e. The molecule has 2 amide bonds. The number of hydrogen-bond acceptors (Lipinski definition) is 5. The smallest absolute Gasteiger partial charge is 0.309 e. The number of amides is 2.